The maximum absolute atomic E-state index is 6.57. The molecule has 0 saturated carbocycles. The van der Waals surface area contributed by atoms with Crippen LogP contribution in [-0.4, -0.2) is 27.6 Å². The molecule has 0 atom stereocenters. The maximum atomic E-state index is 6.57. The third kappa shape index (κ3) is 6.13. The van der Waals surface area contributed by atoms with Gasteiger partial charge in [0, 0.05) is 54.3 Å². The number of benzene rings is 5. The predicted molar refractivity (Wildman–Crippen MR) is 199 cm³/mol. The molecule has 0 fully saturated rings. The van der Waals surface area contributed by atoms with Crippen molar-refractivity contribution in [3.05, 3.63) is 152 Å². The molecule has 0 unspecified atom stereocenters. The summed E-state index contributed by atoms with van der Waals surface area (Å²) in [5, 5.41) is 5.72. The fourth-order valence-corrected chi connectivity index (χ4v) is 7.25. The van der Waals surface area contributed by atoms with Gasteiger partial charge in [0.2, 0.25) is 0 Å². The number of imidazole rings is 1. The summed E-state index contributed by atoms with van der Waals surface area (Å²) in [6.45, 7) is 7.07. The zero-order valence-electron chi connectivity index (χ0n) is 27.3. The molecule has 0 aliphatic carbocycles. The first-order valence-corrected chi connectivity index (χ1v) is 19.5. The quantitative estimate of drug-likeness (QED) is 0.131. The minimum Gasteiger partial charge on any atom is -0.501 e. The van der Waals surface area contributed by atoms with Crippen molar-refractivity contribution in [1.29, 1.82) is 0 Å². The molecule has 0 saturated heterocycles. The summed E-state index contributed by atoms with van der Waals surface area (Å²) in [5.74, 6) is 0.773. The summed E-state index contributed by atoms with van der Waals surface area (Å²) in [4.78, 5) is 14.3. The molecule has 5 aromatic carbocycles. The summed E-state index contributed by atoms with van der Waals surface area (Å²) in [5.41, 5.74) is 7.25. The van der Waals surface area contributed by atoms with E-state index in [1.165, 1.54) is 5.19 Å². The number of hydrogen-bond donors (Lipinski definition) is 0. The molecular formula is C42H32IrN4OSi-2. The van der Waals surface area contributed by atoms with Crippen LogP contribution in [0.4, 0.5) is 0 Å². The van der Waals surface area contributed by atoms with Crippen LogP contribution >= 0.6 is 0 Å². The average molecular weight is 829 g/mol. The van der Waals surface area contributed by atoms with Crippen molar-refractivity contribution in [2.24, 2.45) is 0 Å². The number of aromatic nitrogens is 4. The van der Waals surface area contributed by atoms with Crippen LogP contribution in [-0.2, 0) is 20.1 Å². The van der Waals surface area contributed by atoms with Crippen molar-refractivity contribution in [2.45, 2.75) is 19.6 Å². The molecule has 0 N–H and O–H groups in total. The van der Waals surface area contributed by atoms with Crippen LogP contribution in [0, 0.1) is 12.1 Å². The van der Waals surface area contributed by atoms with E-state index in [-0.39, 0.29) is 20.1 Å². The number of para-hydroxylation sites is 1. The Morgan fingerprint density at radius 3 is 2.27 bits per heavy atom. The second-order valence-electron chi connectivity index (χ2n) is 12.8. The molecule has 0 amide bonds. The zero-order chi connectivity index (χ0) is 32.7. The van der Waals surface area contributed by atoms with Gasteiger partial charge in [-0.3, -0.25) is 4.98 Å². The fraction of sp³-hybridized carbons (Fsp3) is 0.0714. The molecule has 1 radical (unpaired) electrons. The second kappa shape index (κ2) is 13.4. The SMILES string of the molecule is C[Si](C)(C)c1ccc2c(c1)oc1c(-c3nc4c5ccccc5cnc4n3-c3ccccc3)[c-]ccc12.[Ir].[c-]1ccccc1-c1ccccn1. The molecule has 0 spiro atoms. The van der Waals surface area contributed by atoms with Crippen molar-refractivity contribution < 1.29 is 24.5 Å². The van der Waals surface area contributed by atoms with Gasteiger partial charge in [0.25, 0.3) is 0 Å². The Hall–Kier alpha value is -5.20. The summed E-state index contributed by atoms with van der Waals surface area (Å²) >= 11 is 0. The molecule has 0 bridgehead atoms. The van der Waals surface area contributed by atoms with Crippen LogP contribution in [0.5, 0.6) is 0 Å². The Morgan fingerprint density at radius 1 is 0.694 bits per heavy atom. The average Bonchev–Trinajstić information content (AvgIpc) is 3.71. The molecule has 0 aliphatic rings. The topological polar surface area (TPSA) is 56.7 Å². The third-order valence-electron chi connectivity index (χ3n) is 8.58. The molecule has 4 heterocycles. The van der Waals surface area contributed by atoms with E-state index in [0.29, 0.717) is 0 Å². The second-order valence-corrected chi connectivity index (χ2v) is 17.9. The Morgan fingerprint density at radius 2 is 1.49 bits per heavy atom. The van der Waals surface area contributed by atoms with Crippen LogP contribution in [0.3, 0.4) is 0 Å². The van der Waals surface area contributed by atoms with Crippen LogP contribution in [0.15, 0.2) is 144 Å². The van der Waals surface area contributed by atoms with Crippen molar-refractivity contribution in [1.82, 2.24) is 19.5 Å². The van der Waals surface area contributed by atoms with E-state index < -0.39 is 8.07 Å². The number of nitrogens with zero attached hydrogens (tertiary/aromatic N) is 4. The Bertz CT molecular complexity index is 2500. The van der Waals surface area contributed by atoms with Crippen LogP contribution in [0.2, 0.25) is 19.6 Å². The first-order valence-electron chi connectivity index (χ1n) is 16.0. The molecular weight excluding hydrogens is 797 g/mol. The number of rotatable bonds is 4. The van der Waals surface area contributed by atoms with Gasteiger partial charge in [0.15, 0.2) is 5.65 Å². The van der Waals surface area contributed by atoms with E-state index in [1.54, 1.807) is 6.20 Å². The van der Waals surface area contributed by atoms with E-state index in [1.807, 2.05) is 85.1 Å². The van der Waals surface area contributed by atoms with Gasteiger partial charge in [0.1, 0.15) is 11.1 Å². The maximum Gasteiger partial charge on any atom is 0.156 e. The van der Waals surface area contributed by atoms with Crippen molar-refractivity contribution in [2.75, 3.05) is 0 Å². The van der Waals surface area contributed by atoms with Gasteiger partial charge < -0.3 is 14.0 Å². The molecule has 241 valence electrons. The normalized spacial score (nSPS) is 11.4. The minimum atomic E-state index is -1.47. The fourth-order valence-electron chi connectivity index (χ4n) is 6.11. The minimum absolute atomic E-state index is 0. The number of hydrogen-bond acceptors (Lipinski definition) is 4. The van der Waals surface area contributed by atoms with E-state index >= 15 is 0 Å². The Kier molecular flexibility index (Phi) is 8.82. The van der Waals surface area contributed by atoms with Gasteiger partial charge in [-0.1, -0.05) is 103 Å². The molecule has 5 nitrogen and oxygen atoms in total. The summed E-state index contributed by atoms with van der Waals surface area (Å²) in [7, 11) is -1.47. The van der Waals surface area contributed by atoms with Gasteiger partial charge in [-0.2, -0.15) is 0 Å². The standard InChI is InChI=1S/C31H24N3OSi.C11H8N.Ir/c1-36(2,3)22-16-17-24-25-14-9-15-26(29(25)35-27(24)18-22)30-33-28-23-13-8-7-10-20(23)19-32-31(28)34(30)21-11-5-4-6-12-21;1-2-6-10(7-3-1)11-8-4-5-9-12-11;/h4-14,16-19H,1-3H3;1-6,8-9H;/q2*-1;. The van der Waals surface area contributed by atoms with Crippen molar-refractivity contribution >= 4 is 57.1 Å². The van der Waals surface area contributed by atoms with Gasteiger partial charge in [0.05, 0.1) is 19.5 Å². The molecule has 0 aliphatic heterocycles. The zero-order valence-corrected chi connectivity index (χ0v) is 30.7. The van der Waals surface area contributed by atoms with Gasteiger partial charge in [-0.15, -0.1) is 54.1 Å². The molecule has 9 rings (SSSR count). The molecule has 7 heteroatoms. The number of pyridine rings is 2. The van der Waals surface area contributed by atoms with Crippen LogP contribution in [0.1, 0.15) is 0 Å². The Labute approximate surface area is 299 Å². The summed E-state index contributed by atoms with van der Waals surface area (Å²) < 4.78 is 8.68. The largest absolute Gasteiger partial charge is 0.501 e. The summed E-state index contributed by atoms with van der Waals surface area (Å²) in [6, 6.07) is 49.5. The molecule has 49 heavy (non-hydrogen) atoms. The van der Waals surface area contributed by atoms with Crippen LogP contribution < -0.4 is 5.19 Å². The van der Waals surface area contributed by atoms with Gasteiger partial charge in [-0.25, -0.2) is 4.98 Å². The monoisotopic (exact) mass is 829 g/mol. The van der Waals surface area contributed by atoms with E-state index in [2.05, 4.69) is 89.9 Å². The van der Waals surface area contributed by atoms with E-state index in [4.69, 9.17) is 14.4 Å². The van der Waals surface area contributed by atoms with E-state index in [9.17, 15) is 0 Å². The molecule has 9 aromatic rings. The van der Waals surface area contributed by atoms with Gasteiger partial charge >= 0.3 is 0 Å². The first kappa shape index (κ1) is 32.3. The number of fused-ring (bicyclic) bond motifs is 6. The first-order chi connectivity index (χ1) is 23.5. The predicted octanol–water partition coefficient (Wildman–Crippen LogP) is 10.0. The van der Waals surface area contributed by atoms with Crippen LogP contribution in [0.25, 0.3) is 72.2 Å². The summed E-state index contributed by atoms with van der Waals surface area (Å²) in [6.07, 6.45) is 3.71. The van der Waals surface area contributed by atoms with Gasteiger partial charge in [-0.05, 0) is 30.0 Å². The van der Waals surface area contributed by atoms with Crippen molar-refractivity contribution in [3.8, 4) is 28.3 Å². The van der Waals surface area contributed by atoms with Crippen molar-refractivity contribution in [3.63, 3.8) is 0 Å². The Balaban J connectivity index is 0.000000246. The van der Waals surface area contributed by atoms with E-state index in [0.717, 1.165) is 72.2 Å². The number of furan rings is 1. The third-order valence-corrected chi connectivity index (χ3v) is 10.6. The smallest absolute Gasteiger partial charge is 0.156 e. The molecule has 4 aromatic heterocycles.